The third-order valence-corrected chi connectivity index (χ3v) is 7.76. The lowest BCUT2D eigenvalue weighted by Crippen LogP contribution is -2.52. The van der Waals surface area contributed by atoms with E-state index in [1.54, 1.807) is 4.90 Å². The summed E-state index contributed by atoms with van der Waals surface area (Å²) >= 11 is 0. The van der Waals surface area contributed by atoms with Gasteiger partial charge in [-0.05, 0) is 41.3 Å². The van der Waals surface area contributed by atoms with Gasteiger partial charge in [-0.2, -0.15) is 0 Å². The molecule has 3 aliphatic heterocycles. The van der Waals surface area contributed by atoms with Crippen molar-refractivity contribution in [1.29, 1.82) is 0 Å². The zero-order chi connectivity index (χ0) is 25.4. The molecule has 3 amide bonds. The monoisotopic (exact) mass is 497 g/mol. The second kappa shape index (κ2) is 9.95. The van der Waals surface area contributed by atoms with Gasteiger partial charge in [0.15, 0.2) is 0 Å². The Morgan fingerprint density at radius 1 is 0.838 bits per heavy atom. The van der Waals surface area contributed by atoms with Gasteiger partial charge < -0.3 is 9.88 Å². The quantitative estimate of drug-likeness (QED) is 0.512. The Kier molecular flexibility index (Phi) is 6.36. The Hall–Kier alpha value is -3.75. The maximum atomic E-state index is 13.0. The van der Waals surface area contributed by atoms with Crippen LogP contribution in [0.1, 0.15) is 39.9 Å². The molecule has 1 unspecified atom stereocenters. The molecule has 0 aliphatic carbocycles. The Balaban J connectivity index is 1.06. The van der Waals surface area contributed by atoms with Crippen molar-refractivity contribution in [3.05, 3.63) is 83.0 Å². The molecule has 3 aromatic rings. The number of hydrogen-bond donors (Lipinski definition) is 2. The van der Waals surface area contributed by atoms with Crippen molar-refractivity contribution in [3.63, 3.8) is 0 Å². The van der Waals surface area contributed by atoms with Crippen LogP contribution in [0.5, 0.6) is 0 Å². The van der Waals surface area contributed by atoms with Gasteiger partial charge in [0.05, 0.1) is 0 Å². The molecule has 2 N–H and O–H groups in total. The summed E-state index contributed by atoms with van der Waals surface area (Å²) in [5.41, 5.74) is 6.56. The molecule has 190 valence electrons. The van der Waals surface area contributed by atoms with Gasteiger partial charge in [-0.25, -0.2) is 0 Å². The van der Waals surface area contributed by atoms with Crippen LogP contribution in [0.3, 0.4) is 0 Å². The highest BCUT2D eigenvalue weighted by atomic mass is 16.2. The van der Waals surface area contributed by atoms with Crippen molar-refractivity contribution >= 4 is 17.7 Å². The summed E-state index contributed by atoms with van der Waals surface area (Å²) in [4.78, 5) is 46.7. The van der Waals surface area contributed by atoms with E-state index < -0.39 is 6.04 Å². The summed E-state index contributed by atoms with van der Waals surface area (Å²) in [5.74, 6) is -0.757. The van der Waals surface area contributed by atoms with Crippen molar-refractivity contribution < 1.29 is 14.4 Å². The van der Waals surface area contributed by atoms with Crippen LogP contribution in [0.4, 0.5) is 0 Å². The Morgan fingerprint density at radius 2 is 1.62 bits per heavy atom. The Bertz CT molecular complexity index is 1330. The van der Waals surface area contributed by atoms with Crippen LogP contribution in [-0.4, -0.2) is 69.6 Å². The lowest BCUT2D eigenvalue weighted by atomic mass is 10.0. The van der Waals surface area contributed by atoms with Crippen LogP contribution in [0.2, 0.25) is 0 Å². The smallest absolute Gasteiger partial charge is 0.255 e. The average Bonchev–Trinajstić information content (AvgIpc) is 3.54. The molecule has 6 rings (SSSR count). The molecule has 8 nitrogen and oxygen atoms in total. The first kappa shape index (κ1) is 23.6. The third-order valence-electron chi connectivity index (χ3n) is 7.76. The molecule has 2 aromatic carbocycles. The van der Waals surface area contributed by atoms with E-state index in [1.807, 2.05) is 24.4 Å². The van der Waals surface area contributed by atoms with Gasteiger partial charge in [0.25, 0.3) is 5.91 Å². The number of imide groups is 1. The van der Waals surface area contributed by atoms with E-state index in [2.05, 4.69) is 56.5 Å². The summed E-state index contributed by atoms with van der Waals surface area (Å²) in [6, 6.07) is 18.2. The number of nitrogens with one attached hydrogen (secondary N) is 2. The maximum Gasteiger partial charge on any atom is 0.255 e. The number of aromatic nitrogens is 1. The topological polar surface area (TPSA) is 88.8 Å². The highest BCUT2D eigenvalue weighted by Gasteiger charge is 2.39. The lowest BCUT2D eigenvalue weighted by molar-refractivity contribution is -0.136. The number of nitrogens with zero attached hydrogens (tertiary/aromatic N) is 3. The van der Waals surface area contributed by atoms with E-state index >= 15 is 0 Å². The van der Waals surface area contributed by atoms with Crippen molar-refractivity contribution in [3.8, 4) is 11.3 Å². The summed E-state index contributed by atoms with van der Waals surface area (Å²) in [6.45, 7) is 6.18. The number of piperidine rings is 1. The number of amides is 3. The minimum atomic E-state index is -0.573. The molecular weight excluding hydrogens is 466 g/mol. The fourth-order valence-electron chi connectivity index (χ4n) is 5.75. The van der Waals surface area contributed by atoms with E-state index in [0.717, 1.165) is 50.5 Å². The second-order valence-corrected chi connectivity index (χ2v) is 10.2. The van der Waals surface area contributed by atoms with Gasteiger partial charge in [-0.1, -0.05) is 36.4 Å². The van der Waals surface area contributed by atoms with Crippen molar-refractivity contribution in [2.75, 3.05) is 26.2 Å². The molecular formula is C29H31N5O3. The fourth-order valence-corrected chi connectivity index (χ4v) is 5.75. The minimum Gasteiger partial charge on any atom is -0.361 e. The van der Waals surface area contributed by atoms with E-state index in [1.165, 1.54) is 16.7 Å². The number of hydrogen-bond acceptors (Lipinski definition) is 5. The van der Waals surface area contributed by atoms with Crippen LogP contribution in [0.15, 0.2) is 60.8 Å². The average molecular weight is 498 g/mol. The van der Waals surface area contributed by atoms with Gasteiger partial charge in [0, 0.05) is 75.3 Å². The fraction of sp³-hybridized carbons (Fsp3) is 0.345. The molecule has 3 aliphatic rings. The van der Waals surface area contributed by atoms with Gasteiger partial charge in [-0.15, -0.1) is 0 Å². The van der Waals surface area contributed by atoms with Crippen LogP contribution in [0.25, 0.3) is 11.3 Å². The summed E-state index contributed by atoms with van der Waals surface area (Å²) in [5, 5.41) is 2.36. The van der Waals surface area contributed by atoms with Crippen LogP contribution in [-0.2, 0) is 29.2 Å². The zero-order valence-electron chi connectivity index (χ0n) is 20.8. The van der Waals surface area contributed by atoms with Crippen molar-refractivity contribution in [2.45, 2.75) is 38.5 Å². The van der Waals surface area contributed by atoms with Crippen LogP contribution >= 0.6 is 0 Å². The van der Waals surface area contributed by atoms with Crippen LogP contribution < -0.4 is 5.32 Å². The van der Waals surface area contributed by atoms with E-state index in [4.69, 9.17) is 0 Å². The van der Waals surface area contributed by atoms with Crippen molar-refractivity contribution in [1.82, 2.24) is 25.0 Å². The normalized spacial score (nSPS) is 20.8. The molecule has 0 spiro atoms. The Labute approximate surface area is 216 Å². The first-order chi connectivity index (χ1) is 18.0. The highest BCUT2D eigenvalue weighted by molar-refractivity contribution is 6.05. The third kappa shape index (κ3) is 4.82. The molecule has 2 saturated heterocycles. The number of fused-ring (bicyclic) bond motifs is 1. The highest BCUT2D eigenvalue weighted by Crippen LogP contribution is 2.29. The molecule has 0 saturated carbocycles. The first-order valence-corrected chi connectivity index (χ1v) is 13.0. The Morgan fingerprint density at radius 3 is 2.38 bits per heavy atom. The largest absolute Gasteiger partial charge is 0.361 e. The van der Waals surface area contributed by atoms with Gasteiger partial charge in [-0.3, -0.25) is 29.5 Å². The standard InChI is InChI=1S/C29H31N5O3/c35-27-10-9-26(28(36)31-27)34-19-22-16-20(7-8-24(22)29(34)37)17-32-12-14-33(15-13-32)18-21-4-1-2-5-23(21)25-6-3-11-30-25/h1-8,11,16,26,30H,9-10,12-15,17-19H2,(H,31,35,36). The maximum absolute atomic E-state index is 13.0. The predicted molar refractivity (Wildman–Crippen MR) is 139 cm³/mol. The van der Waals surface area contributed by atoms with Crippen LogP contribution in [0, 0.1) is 0 Å². The lowest BCUT2D eigenvalue weighted by Gasteiger charge is -2.35. The number of H-pyrrole nitrogens is 1. The molecule has 0 bridgehead atoms. The zero-order valence-corrected chi connectivity index (χ0v) is 20.8. The molecule has 2 fully saturated rings. The summed E-state index contributed by atoms with van der Waals surface area (Å²) < 4.78 is 0. The number of benzene rings is 2. The van der Waals surface area contributed by atoms with E-state index in [0.29, 0.717) is 18.5 Å². The number of carbonyl (C=O) groups excluding carboxylic acids is 3. The molecule has 37 heavy (non-hydrogen) atoms. The number of rotatable bonds is 6. The SMILES string of the molecule is O=C1CCC(N2Cc3cc(CN4CCN(Cc5ccccc5-c5ccc[nH]5)CC4)ccc3C2=O)C(=O)N1. The number of aromatic amines is 1. The van der Waals surface area contributed by atoms with Crippen molar-refractivity contribution in [2.24, 2.45) is 0 Å². The van der Waals surface area contributed by atoms with Gasteiger partial charge >= 0.3 is 0 Å². The molecule has 0 radical (unpaired) electrons. The van der Waals surface area contributed by atoms with Gasteiger partial charge in [0.2, 0.25) is 11.8 Å². The summed E-state index contributed by atoms with van der Waals surface area (Å²) in [6.07, 6.45) is 2.62. The summed E-state index contributed by atoms with van der Waals surface area (Å²) in [7, 11) is 0. The van der Waals surface area contributed by atoms with E-state index in [-0.39, 0.29) is 24.1 Å². The molecule has 1 atom stereocenters. The first-order valence-electron chi connectivity index (χ1n) is 13.0. The number of carbonyl (C=O) groups is 3. The second-order valence-electron chi connectivity index (χ2n) is 10.2. The number of piperazine rings is 1. The van der Waals surface area contributed by atoms with E-state index in [9.17, 15) is 14.4 Å². The molecule has 8 heteroatoms. The molecule has 4 heterocycles. The van der Waals surface area contributed by atoms with Gasteiger partial charge in [0.1, 0.15) is 6.04 Å². The predicted octanol–water partition coefficient (Wildman–Crippen LogP) is 2.76. The minimum absolute atomic E-state index is 0.121. The molecule has 1 aromatic heterocycles.